The quantitative estimate of drug-likeness (QED) is 0.731. The van der Waals surface area contributed by atoms with E-state index >= 15 is 0 Å². The Balaban J connectivity index is 1.95. The molecule has 4 nitrogen and oxygen atoms in total. The summed E-state index contributed by atoms with van der Waals surface area (Å²) in [5.74, 6) is 0.0481. The second-order valence-electron chi connectivity index (χ2n) is 4.37. The standard InChI is InChI=1S/C13H14N2O2/c1-9-11-8-17-13(10-5-3-2-4-6-10)15(11)12(16)7-14-9/h2-6,11,13H,7-8H2,1H3/t11-,13-/m0/s1. The highest BCUT2D eigenvalue weighted by Gasteiger charge is 2.41. The molecule has 2 aliphatic heterocycles. The molecule has 0 unspecified atom stereocenters. The van der Waals surface area contributed by atoms with Crippen molar-refractivity contribution in [3.8, 4) is 0 Å². The average molecular weight is 230 g/mol. The van der Waals surface area contributed by atoms with Gasteiger partial charge in [-0.05, 0) is 6.92 Å². The van der Waals surface area contributed by atoms with E-state index in [0.717, 1.165) is 11.3 Å². The SMILES string of the molecule is CC1=NCC(=O)N2[C@H]1CO[C@H]2c1ccccc1. The first-order valence-electron chi connectivity index (χ1n) is 5.76. The second kappa shape index (κ2) is 3.96. The number of benzene rings is 1. The van der Waals surface area contributed by atoms with Crippen LogP contribution in [0.15, 0.2) is 35.3 Å². The molecule has 1 fully saturated rings. The van der Waals surface area contributed by atoms with Gasteiger partial charge in [-0.15, -0.1) is 0 Å². The summed E-state index contributed by atoms with van der Waals surface area (Å²) >= 11 is 0. The predicted octanol–water partition coefficient (Wildman–Crippen LogP) is 1.39. The summed E-state index contributed by atoms with van der Waals surface area (Å²) < 4.78 is 5.75. The molecule has 2 heterocycles. The predicted molar refractivity (Wildman–Crippen MR) is 63.7 cm³/mol. The van der Waals surface area contributed by atoms with Gasteiger partial charge in [0.05, 0.1) is 12.6 Å². The molecule has 88 valence electrons. The van der Waals surface area contributed by atoms with E-state index in [1.165, 1.54) is 0 Å². The molecule has 1 amide bonds. The fourth-order valence-electron chi connectivity index (χ4n) is 2.39. The first kappa shape index (κ1) is 10.5. The van der Waals surface area contributed by atoms with Gasteiger partial charge in [-0.3, -0.25) is 9.79 Å². The lowest BCUT2D eigenvalue weighted by Crippen LogP contribution is -2.46. The van der Waals surface area contributed by atoms with Crippen molar-refractivity contribution < 1.29 is 9.53 Å². The number of amides is 1. The van der Waals surface area contributed by atoms with E-state index in [4.69, 9.17) is 4.74 Å². The van der Waals surface area contributed by atoms with Gasteiger partial charge in [-0.25, -0.2) is 0 Å². The Morgan fingerprint density at radius 3 is 2.88 bits per heavy atom. The summed E-state index contributed by atoms with van der Waals surface area (Å²) in [4.78, 5) is 18.0. The van der Waals surface area contributed by atoms with Crippen LogP contribution in [0.5, 0.6) is 0 Å². The van der Waals surface area contributed by atoms with Gasteiger partial charge in [0, 0.05) is 11.3 Å². The molecule has 1 saturated heterocycles. The Kier molecular flexibility index (Phi) is 2.44. The van der Waals surface area contributed by atoms with Crippen LogP contribution < -0.4 is 0 Å². The third kappa shape index (κ3) is 1.65. The minimum absolute atomic E-state index is 0.0152. The minimum Gasteiger partial charge on any atom is -0.351 e. The summed E-state index contributed by atoms with van der Waals surface area (Å²) in [6.07, 6.45) is -0.251. The number of hydrogen-bond donors (Lipinski definition) is 0. The highest BCUT2D eigenvalue weighted by Crippen LogP contribution is 2.32. The van der Waals surface area contributed by atoms with E-state index < -0.39 is 0 Å². The van der Waals surface area contributed by atoms with Crippen LogP contribution in [0.2, 0.25) is 0 Å². The van der Waals surface area contributed by atoms with Gasteiger partial charge in [0.2, 0.25) is 5.91 Å². The largest absolute Gasteiger partial charge is 0.351 e. The molecule has 1 aromatic carbocycles. The number of aliphatic imine (C=N–C) groups is 1. The van der Waals surface area contributed by atoms with E-state index in [2.05, 4.69) is 4.99 Å². The van der Waals surface area contributed by atoms with Crippen molar-refractivity contribution in [3.05, 3.63) is 35.9 Å². The molecule has 0 spiro atoms. The molecule has 0 aromatic heterocycles. The van der Waals surface area contributed by atoms with Crippen molar-refractivity contribution in [2.24, 2.45) is 4.99 Å². The van der Waals surface area contributed by atoms with Crippen molar-refractivity contribution in [3.63, 3.8) is 0 Å². The Bertz CT molecular complexity index is 470. The van der Waals surface area contributed by atoms with Crippen molar-refractivity contribution in [2.75, 3.05) is 13.2 Å². The lowest BCUT2D eigenvalue weighted by molar-refractivity contribution is -0.136. The molecule has 2 aliphatic rings. The van der Waals surface area contributed by atoms with Crippen molar-refractivity contribution in [1.29, 1.82) is 0 Å². The number of carbonyl (C=O) groups is 1. The first-order chi connectivity index (χ1) is 8.27. The molecular weight excluding hydrogens is 216 g/mol. The summed E-state index contributed by atoms with van der Waals surface area (Å²) in [6.45, 7) is 2.75. The topological polar surface area (TPSA) is 41.9 Å². The molecule has 2 atom stereocenters. The smallest absolute Gasteiger partial charge is 0.247 e. The van der Waals surface area contributed by atoms with Crippen molar-refractivity contribution in [2.45, 2.75) is 19.2 Å². The molecular formula is C13H14N2O2. The molecule has 0 aliphatic carbocycles. The number of carbonyl (C=O) groups excluding carboxylic acids is 1. The van der Waals surface area contributed by atoms with Crippen LogP contribution in [0.25, 0.3) is 0 Å². The van der Waals surface area contributed by atoms with E-state index in [1.54, 1.807) is 0 Å². The zero-order valence-electron chi connectivity index (χ0n) is 9.67. The number of ether oxygens (including phenoxy) is 1. The van der Waals surface area contributed by atoms with Gasteiger partial charge in [0.25, 0.3) is 0 Å². The monoisotopic (exact) mass is 230 g/mol. The highest BCUT2D eigenvalue weighted by atomic mass is 16.5. The van der Waals surface area contributed by atoms with Crippen molar-refractivity contribution >= 4 is 11.6 Å². The maximum Gasteiger partial charge on any atom is 0.247 e. The normalized spacial score (nSPS) is 27.9. The van der Waals surface area contributed by atoms with Gasteiger partial charge in [-0.2, -0.15) is 0 Å². The van der Waals surface area contributed by atoms with Crippen LogP contribution >= 0.6 is 0 Å². The van der Waals surface area contributed by atoms with Gasteiger partial charge in [0.1, 0.15) is 6.54 Å². The average Bonchev–Trinajstić information content (AvgIpc) is 2.81. The number of nitrogens with zero attached hydrogens (tertiary/aromatic N) is 2. The van der Waals surface area contributed by atoms with E-state index in [1.807, 2.05) is 42.2 Å². The number of fused-ring (bicyclic) bond motifs is 1. The van der Waals surface area contributed by atoms with Gasteiger partial charge in [0.15, 0.2) is 6.23 Å². The number of hydrogen-bond acceptors (Lipinski definition) is 3. The highest BCUT2D eigenvalue weighted by molar-refractivity contribution is 5.97. The molecule has 3 rings (SSSR count). The molecule has 17 heavy (non-hydrogen) atoms. The maximum atomic E-state index is 11.9. The summed E-state index contributed by atoms with van der Waals surface area (Å²) in [5, 5.41) is 0. The molecule has 1 aromatic rings. The Labute approximate surface area is 99.9 Å². The van der Waals surface area contributed by atoms with E-state index in [0.29, 0.717) is 6.61 Å². The summed E-state index contributed by atoms with van der Waals surface area (Å²) in [6, 6.07) is 9.87. The van der Waals surface area contributed by atoms with Crippen molar-refractivity contribution in [1.82, 2.24) is 4.90 Å². The minimum atomic E-state index is -0.251. The third-order valence-corrected chi connectivity index (χ3v) is 3.32. The van der Waals surface area contributed by atoms with Gasteiger partial charge in [-0.1, -0.05) is 30.3 Å². The fraction of sp³-hybridized carbons (Fsp3) is 0.385. The molecule has 0 saturated carbocycles. The Hall–Kier alpha value is -1.68. The summed E-state index contributed by atoms with van der Waals surface area (Å²) in [7, 11) is 0. The van der Waals surface area contributed by atoms with E-state index in [9.17, 15) is 4.79 Å². The van der Waals surface area contributed by atoms with Gasteiger partial charge < -0.3 is 9.64 Å². The van der Waals surface area contributed by atoms with Crippen LogP contribution in [0.1, 0.15) is 18.7 Å². The first-order valence-corrected chi connectivity index (χ1v) is 5.76. The van der Waals surface area contributed by atoms with Crippen LogP contribution in [0.4, 0.5) is 0 Å². The molecule has 0 radical (unpaired) electrons. The molecule has 0 bridgehead atoms. The second-order valence-corrected chi connectivity index (χ2v) is 4.37. The van der Waals surface area contributed by atoms with Crippen LogP contribution in [-0.4, -0.2) is 35.7 Å². The molecule has 4 heteroatoms. The lowest BCUT2D eigenvalue weighted by atomic mass is 10.1. The molecule has 0 N–H and O–H groups in total. The van der Waals surface area contributed by atoms with Crippen LogP contribution in [0.3, 0.4) is 0 Å². The number of rotatable bonds is 1. The Morgan fingerprint density at radius 1 is 1.35 bits per heavy atom. The lowest BCUT2D eigenvalue weighted by Gasteiger charge is -2.30. The van der Waals surface area contributed by atoms with Crippen LogP contribution in [-0.2, 0) is 9.53 Å². The summed E-state index contributed by atoms with van der Waals surface area (Å²) in [5.41, 5.74) is 2.01. The van der Waals surface area contributed by atoms with Crippen LogP contribution in [0, 0.1) is 0 Å². The zero-order valence-corrected chi connectivity index (χ0v) is 9.67. The van der Waals surface area contributed by atoms with Gasteiger partial charge >= 0.3 is 0 Å². The van der Waals surface area contributed by atoms with E-state index in [-0.39, 0.29) is 24.7 Å². The zero-order chi connectivity index (χ0) is 11.8. The fourth-order valence-corrected chi connectivity index (χ4v) is 2.39. The Morgan fingerprint density at radius 2 is 2.12 bits per heavy atom. The maximum absolute atomic E-state index is 11.9. The third-order valence-electron chi connectivity index (χ3n) is 3.32.